The highest BCUT2D eigenvalue weighted by Crippen LogP contribution is 2.22. The van der Waals surface area contributed by atoms with Crippen LogP contribution in [0, 0.1) is 0 Å². The summed E-state index contributed by atoms with van der Waals surface area (Å²) in [6, 6.07) is 21.1. The Hall–Kier alpha value is -2.85. The number of carbonyl (C=O) groups excluding carboxylic acids is 1. The number of hydrogen-bond acceptors (Lipinski definition) is 3. The Balaban J connectivity index is 1.73. The van der Waals surface area contributed by atoms with Crippen molar-refractivity contribution >= 4 is 22.4 Å². The molecule has 3 aromatic rings. The Labute approximate surface area is 147 Å². The van der Waals surface area contributed by atoms with Gasteiger partial charge in [0.05, 0.1) is 12.2 Å². The number of anilines is 1. The molecule has 128 valence electrons. The van der Waals surface area contributed by atoms with Crippen molar-refractivity contribution < 1.29 is 14.3 Å². The molecule has 0 aliphatic rings. The summed E-state index contributed by atoms with van der Waals surface area (Å²) in [6.07, 6.45) is 0. The van der Waals surface area contributed by atoms with Crippen LogP contribution in [-0.2, 0) is 4.74 Å². The fourth-order valence-electron chi connectivity index (χ4n) is 2.60. The molecule has 4 nitrogen and oxygen atoms in total. The van der Waals surface area contributed by atoms with Crippen molar-refractivity contribution in [2.45, 2.75) is 6.92 Å². The van der Waals surface area contributed by atoms with Gasteiger partial charge in [-0.2, -0.15) is 0 Å². The summed E-state index contributed by atoms with van der Waals surface area (Å²) in [4.78, 5) is 12.6. The first-order valence-electron chi connectivity index (χ1n) is 8.37. The van der Waals surface area contributed by atoms with Gasteiger partial charge < -0.3 is 14.8 Å². The maximum absolute atomic E-state index is 12.6. The number of hydrogen-bond donors (Lipinski definition) is 1. The van der Waals surface area contributed by atoms with Gasteiger partial charge in [0, 0.05) is 12.3 Å². The molecule has 0 aliphatic heterocycles. The second-order valence-corrected chi connectivity index (χ2v) is 5.56. The summed E-state index contributed by atoms with van der Waals surface area (Å²) in [6.45, 7) is 3.49. The van der Waals surface area contributed by atoms with Crippen molar-refractivity contribution in [3.63, 3.8) is 0 Å². The van der Waals surface area contributed by atoms with Crippen molar-refractivity contribution in [3.8, 4) is 5.75 Å². The van der Waals surface area contributed by atoms with Crippen LogP contribution in [0.1, 0.15) is 17.3 Å². The van der Waals surface area contributed by atoms with Crippen LogP contribution in [0.15, 0.2) is 66.7 Å². The third-order valence-electron chi connectivity index (χ3n) is 3.83. The van der Waals surface area contributed by atoms with Crippen LogP contribution in [0.3, 0.4) is 0 Å². The Kier molecular flexibility index (Phi) is 5.65. The lowest BCUT2D eigenvalue weighted by atomic mass is 10.1. The first kappa shape index (κ1) is 17.0. The molecule has 0 bridgehead atoms. The van der Waals surface area contributed by atoms with Crippen molar-refractivity contribution in [2.24, 2.45) is 0 Å². The molecule has 0 heterocycles. The monoisotopic (exact) mass is 335 g/mol. The molecule has 0 unspecified atom stereocenters. The van der Waals surface area contributed by atoms with Gasteiger partial charge in [-0.25, -0.2) is 0 Å². The molecule has 0 saturated carbocycles. The highest BCUT2D eigenvalue weighted by Gasteiger charge is 2.12. The van der Waals surface area contributed by atoms with Gasteiger partial charge in [0.15, 0.2) is 0 Å². The summed E-state index contributed by atoms with van der Waals surface area (Å²) in [5.41, 5.74) is 1.26. The zero-order valence-corrected chi connectivity index (χ0v) is 14.2. The Morgan fingerprint density at radius 1 is 0.920 bits per heavy atom. The largest absolute Gasteiger partial charge is 0.490 e. The van der Waals surface area contributed by atoms with E-state index in [4.69, 9.17) is 9.47 Å². The third kappa shape index (κ3) is 4.37. The molecule has 0 aromatic heterocycles. The Bertz CT molecular complexity index is 860. The summed E-state index contributed by atoms with van der Waals surface area (Å²) in [7, 11) is 0. The van der Waals surface area contributed by atoms with Crippen LogP contribution >= 0.6 is 0 Å². The Morgan fingerprint density at radius 3 is 2.52 bits per heavy atom. The minimum Gasteiger partial charge on any atom is -0.490 e. The standard InChI is InChI=1S/C21H21NO3/c1-2-24-13-14-25-20-10-6-5-9-19(20)21(23)22-18-12-11-16-7-3-4-8-17(16)15-18/h3-12,15H,2,13-14H2,1H3,(H,22,23). The summed E-state index contributed by atoms with van der Waals surface area (Å²) < 4.78 is 10.9. The smallest absolute Gasteiger partial charge is 0.259 e. The fraction of sp³-hybridized carbons (Fsp3) is 0.190. The number of carbonyl (C=O) groups is 1. The van der Waals surface area contributed by atoms with Crippen LogP contribution in [0.5, 0.6) is 5.75 Å². The lowest BCUT2D eigenvalue weighted by Crippen LogP contribution is -2.15. The molecule has 25 heavy (non-hydrogen) atoms. The van der Waals surface area contributed by atoms with E-state index in [1.165, 1.54) is 0 Å². The first-order chi connectivity index (χ1) is 12.3. The maximum atomic E-state index is 12.6. The van der Waals surface area contributed by atoms with E-state index in [1.807, 2.05) is 61.5 Å². The van der Waals surface area contributed by atoms with Gasteiger partial charge in [0.25, 0.3) is 5.91 Å². The molecular weight excluding hydrogens is 314 g/mol. The second kappa shape index (κ2) is 8.31. The van der Waals surface area contributed by atoms with Crippen molar-refractivity contribution in [1.29, 1.82) is 0 Å². The average molecular weight is 335 g/mol. The van der Waals surface area contributed by atoms with Gasteiger partial charge in [-0.05, 0) is 42.0 Å². The van der Waals surface area contributed by atoms with E-state index in [0.717, 1.165) is 16.5 Å². The van der Waals surface area contributed by atoms with Crippen molar-refractivity contribution in [2.75, 3.05) is 25.1 Å². The molecule has 1 N–H and O–H groups in total. The van der Waals surface area contributed by atoms with Crippen LogP contribution in [0.25, 0.3) is 10.8 Å². The van der Waals surface area contributed by atoms with Crippen molar-refractivity contribution in [1.82, 2.24) is 0 Å². The topological polar surface area (TPSA) is 47.6 Å². The number of amides is 1. The number of para-hydroxylation sites is 1. The van der Waals surface area contributed by atoms with Crippen LogP contribution in [0.4, 0.5) is 5.69 Å². The summed E-state index contributed by atoms with van der Waals surface area (Å²) in [5, 5.41) is 5.17. The van der Waals surface area contributed by atoms with E-state index in [-0.39, 0.29) is 5.91 Å². The molecule has 3 aromatic carbocycles. The summed E-state index contributed by atoms with van der Waals surface area (Å²) in [5.74, 6) is 0.364. The molecule has 0 fully saturated rings. The molecule has 4 heteroatoms. The number of ether oxygens (including phenoxy) is 2. The highest BCUT2D eigenvalue weighted by molar-refractivity contribution is 6.07. The molecule has 1 amide bonds. The van der Waals surface area contributed by atoms with Gasteiger partial charge in [-0.15, -0.1) is 0 Å². The van der Waals surface area contributed by atoms with Gasteiger partial charge in [-0.3, -0.25) is 4.79 Å². The molecule has 0 radical (unpaired) electrons. The van der Waals surface area contributed by atoms with Crippen molar-refractivity contribution in [3.05, 3.63) is 72.3 Å². The number of nitrogens with one attached hydrogen (secondary N) is 1. The van der Waals surface area contributed by atoms with E-state index >= 15 is 0 Å². The lowest BCUT2D eigenvalue weighted by molar-refractivity contribution is 0.0998. The third-order valence-corrected chi connectivity index (χ3v) is 3.83. The van der Waals surface area contributed by atoms with Gasteiger partial charge in [0.2, 0.25) is 0 Å². The predicted molar refractivity (Wildman–Crippen MR) is 100 cm³/mol. The van der Waals surface area contributed by atoms with Crippen LogP contribution in [0.2, 0.25) is 0 Å². The number of benzene rings is 3. The molecular formula is C21H21NO3. The van der Waals surface area contributed by atoms with E-state index in [0.29, 0.717) is 31.1 Å². The minimum atomic E-state index is -0.192. The van der Waals surface area contributed by atoms with Crippen LogP contribution < -0.4 is 10.1 Å². The molecule has 0 spiro atoms. The second-order valence-electron chi connectivity index (χ2n) is 5.56. The van der Waals surface area contributed by atoms with E-state index in [2.05, 4.69) is 5.32 Å². The van der Waals surface area contributed by atoms with E-state index < -0.39 is 0 Å². The zero-order chi connectivity index (χ0) is 17.5. The predicted octanol–water partition coefficient (Wildman–Crippen LogP) is 4.51. The average Bonchev–Trinajstić information content (AvgIpc) is 2.65. The summed E-state index contributed by atoms with van der Waals surface area (Å²) >= 11 is 0. The molecule has 0 atom stereocenters. The Morgan fingerprint density at radius 2 is 1.68 bits per heavy atom. The lowest BCUT2D eigenvalue weighted by Gasteiger charge is -2.12. The van der Waals surface area contributed by atoms with Gasteiger partial charge >= 0.3 is 0 Å². The molecule has 0 saturated heterocycles. The molecule has 0 aliphatic carbocycles. The zero-order valence-electron chi connectivity index (χ0n) is 14.2. The van der Waals surface area contributed by atoms with E-state index in [1.54, 1.807) is 12.1 Å². The van der Waals surface area contributed by atoms with E-state index in [9.17, 15) is 4.79 Å². The van der Waals surface area contributed by atoms with Gasteiger partial charge in [-0.1, -0.05) is 42.5 Å². The first-order valence-corrected chi connectivity index (χ1v) is 8.37. The minimum absolute atomic E-state index is 0.192. The SMILES string of the molecule is CCOCCOc1ccccc1C(=O)Nc1ccc2ccccc2c1. The van der Waals surface area contributed by atoms with Crippen LogP contribution in [-0.4, -0.2) is 25.7 Å². The number of fused-ring (bicyclic) bond motifs is 1. The fourth-order valence-corrected chi connectivity index (χ4v) is 2.60. The quantitative estimate of drug-likeness (QED) is 0.646. The maximum Gasteiger partial charge on any atom is 0.259 e. The molecule has 3 rings (SSSR count). The highest BCUT2D eigenvalue weighted by atomic mass is 16.5. The van der Waals surface area contributed by atoms with Gasteiger partial charge in [0.1, 0.15) is 12.4 Å². The normalized spacial score (nSPS) is 10.6. The number of rotatable bonds is 7.